The number of halogens is 1. The monoisotopic (exact) mass is 275 g/mol. The Hall–Kier alpha value is -1.54. The van der Waals surface area contributed by atoms with E-state index in [1.165, 1.54) is 0 Å². The van der Waals surface area contributed by atoms with E-state index in [-0.39, 0.29) is 17.1 Å². The highest BCUT2D eigenvalue weighted by Gasteiger charge is 2.29. The van der Waals surface area contributed by atoms with Crippen LogP contribution in [0, 0.1) is 5.92 Å². The zero-order valence-electron chi connectivity index (χ0n) is 11.4. The highest BCUT2D eigenvalue weighted by Crippen LogP contribution is 2.32. The summed E-state index contributed by atoms with van der Waals surface area (Å²) < 4.78 is 0. The Bertz CT molecular complexity index is 531. The molecule has 1 aromatic rings. The Balaban J connectivity index is 2.32. The first-order valence-electron chi connectivity index (χ1n) is 6.35. The molecule has 2 atom stereocenters. The Morgan fingerprint density at radius 1 is 1.26 bits per heavy atom. The Kier molecular flexibility index (Phi) is 4.11. The van der Waals surface area contributed by atoms with Gasteiger partial charge in [-0.3, -0.25) is 4.79 Å². The van der Waals surface area contributed by atoms with Crippen LogP contribution in [-0.4, -0.2) is 30.2 Å². The van der Waals surface area contributed by atoms with Crippen molar-refractivity contribution in [3.8, 4) is 0 Å². The van der Waals surface area contributed by atoms with Gasteiger partial charge in [-0.2, -0.15) is 0 Å². The minimum absolute atomic E-state index is 0.115. The first-order valence-corrected chi connectivity index (χ1v) is 6.79. The van der Waals surface area contributed by atoms with Crippen LogP contribution in [0.1, 0.15) is 17.3 Å². The minimum Gasteiger partial charge on any atom is -0.378 e. The molecule has 2 nitrogen and oxygen atoms in total. The van der Waals surface area contributed by atoms with Crippen LogP contribution in [0.25, 0.3) is 0 Å². The van der Waals surface area contributed by atoms with Crippen LogP contribution in [0.2, 0.25) is 0 Å². The molecule has 0 radical (unpaired) electrons. The molecule has 0 bridgehead atoms. The van der Waals surface area contributed by atoms with Crippen LogP contribution in [0.4, 0.5) is 0 Å². The number of rotatable bonds is 4. The molecular formula is C16H18ClNO. The van der Waals surface area contributed by atoms with Crippen LogP contribution in [0.15, 0.2) is 53.8 Å². The number of carbonyl (C=O) groups is 1. The van der Waals surface area contributed by atoms with Gasteiger partial charge < -0.3 is 4.90 Å². The third kappa shape index (κ3) is 2.74. The lowest BCUT2D eigenvalue weighted by Gasteiger charge is -2.21. The molecule has 0 fully saturated rings. The molecule has 2 rings (SSSR count). The van der Waals surface area contributed by atoms with Crippen molar-refractivity contribution in [3.63, 3.8) is 0 Å². The third-order valence-electron chi connectivity index (χ3n) is 3.42. The maximum absolute atomic E-state index is 12.5. The van der Waals surface area contributed by atoms with Crippen LogP contribution < -0.4 is 0 Å². The highest BCUT2D eigenvalue weighted by molar-refractivity contribution is 6.24. The standard InChI is InChI=1S/C16H18ClNO/c1-11(16(19)12-7-5-4-6-8-12)15-13(17)9-10-14(15)18(2)3/h4-11,13H,1-3H3. The zero-order valence-corrected chi connectivity index (χ0v) is 12.2. The number of carbonyl (C=O) groups excluding carboxylic acids is 1. The average molecular weight is 276 g/mol. The van der Waals surface area contributed by atoms with Crippen molar-refractivity contribution in [2.45, 2.75) is 12.3 Å². The number of nitrogens with zero attached hydrogens (tertiary/aromatic N) is 1. The third-order valence-corrected chi connectivity index (χ3v) is 3.80. The van der Waals surface area contributed by atoms with Gasteiger partial charge in [0.1, 0.15) is 0 Å². The Morgan fingerprint density at radius 3 is 2.47 bits per heavy atom. The number of benzene rings is 1. The summed E-state index contributed by atoms with van der Waals surface area (Å²) in [6, 6.07) is 9.37. The van der Waals surface area contributed by atoms with Crippen molar-refractivity contribution in [1.82, 2.24) is 4.90 Å². The van der Waals surface area contributed by atoms with Gasteiger partial charge in [0.2, 0.25) is 0 Å². The summed E-state index contributed by atoms with van der Waals surface area (Å²) in [4.78, 5) is 14.5. The average Bonchev–Trinajstić information content (AvgIpc) is 2.80. The summed E-state index contributed by atoms with van der Waals surface area (Å²) in [5.41, 5.74) is 2.76. The quantitative estimate of drug-likeness (QED) is 0.619. The molecule has 1 aliphatic rings. The van der Waals surface area contributed by atoms with E-state index in [4.69, 9.17) is 11.6 Å². The van der Waals surface area contributed by atoms with Crippen molar-refractivity contribution in [2.75, 3.05) is 14.1 Å². The molecule has 0 saturated carbocycles. The highest BCUT2D eigenvalue weighted by atomic mass is 35.5. The topological polar surface area (TPSA) is 20.3 Å². The number of likely N-dealkylation sites (N-methyl/N-ethyl adjacent to an activating group) is 1. The number of ketones is 1. The molecule has 0 saturated heterocycles. The van der Waals surface area contributed by atoms with E-state index in [9.17, 15) is 4.79 Å². The van der Waals surface area contributed by atoms with Gasteiger partial charge in [0, 0.05) is 31.3 Å². The molecule has 0 aromatic heterocycles. The lowest BCUT2D eigenvalue weighted by atomic mass is 9.90. The Labute approximate surface area is 119 Å². The van der Waals surface area contributed by atoms with Crippen molar-refractivity contribution in [3.05, 3.63) is 59.3 Å². The maximum atomic E-state index is 12.5. The zero-order chi connectivity index (χ0) is 14.0. The van der Waals surface area contributed by atoms with Crippen molar-refractivity contribution >= 4 is 17.4 Å². The molecule has 0 amide bonds. The van der Waals surface area contributed by atoms with E-state index in [2.05, 4.69) is 0 Å². The molecule has 2 unspecified atom stereocenters. The summed E-state index contributed by atoms with van der Waals surface area (Å²) in [7, 11) is 3.93. The Morgan fingerprint density at radius 2 is 1.89 bits per heavy atom. The van der Waals surface area contributed by atoms with Gasteiger partial charge in [0.05, 0.1) is 5.38 Å². The summed E-state index contributed by atoms with van der Waals surface area (Å²) in [5, 5.41) is -0.194. The fourth-order valence-corrected chi connectivity index (χ4v) is 2.75. The van der Waals surface area contributed by atoms with Crippen molar-refractivity contribution in [2.24, 2.45) is 5.92 Å². The number of alkyl halides is 1. The smallest absolute Gasteiger partial charge is 0.169 e. The van der Waals surface area contributed by atoms with Crippen molar-refractivity contribution in [1.29, 1.82) is 0 Å². The lowest BCUT2D eigenvalue weighted by Crippen LogP contribution is -2.22. The first-order chi connectivity index (χ1) is 9.02. The van der Waals surface area contributed by atoms with Crippen LogP contribution in [0.3, 0.4) is 0 Å². The second-order valence-corrected chi connectivity index (χ2v) is 5.42. The fraction of sp³-hybridized carbons (Fsp3) is 0.312. The van der Waals surface area contributed by atoms with Crippen molar-refractivity contribution < 1.29 is 4.79 Å². The molecule has 100 valence electrons. The van der Waals surface area contributed by atoms with Gasteiger partial charge in [-0.05, 0) is 11.6 Å². The SMILES string of the molecule is CC(C(=O)c1ccccc1)C1=C(N(C)C)C=CC1Cl. The summed E-state index contributed by atoms with van der Waals surface area (Å²) in [6.45, 7) is 1.93. The van der Waals surface area contributed by atoms with Gasteiger partial charge in [-0.1, -0.05) is 43.3 Å². The summed E-state index contributed by atoms with van der Waals surface area (Å²) in [6.07, 6.45) is 3.92. The molecule has 0 spiro atoms. The number of allylic oxidation sites excluding steroid dienone is 3. The van der Waals surface area contributed by atoms with Crippen LogP contribution in [0.5, 0.6) is 0 Å². The van der Waals surface area contributed by atoms with E-state index in [0.29, 0.717) is 0 Å². The van der Waals surface area contributed by atoms with Gasteiger partial charge in [0.15, 0.2) is 5.78 Å². The molecule has 0 N–H and O–H groups in total. The lowest BCUT2D eigenvalue weighted by molar-refractivity contribution is 0.0946. The van der Waals surface area contributed by atoms with Gasteiger partial charge >= 0.3 is 0 Å². The van der Waals surface area contributed by atoms with E-state index in [1.807, 2.05) is 68.4 Å². The second-order valence-electron chi connectivity index (χ2n) is 4.95. The number of hydrogen-bond donors (Lipinski definition) is 0. The van der Waals surface area contributed by atoms with Gasteiger partial charge in [-0.15, -0.1) is 11.6 Å². The largest absolute Gasteiger partial charge is 0.378 e. The molecule has 19 heavy (non-hydrogen) atoms. The normalized spacial score (nSPS) is 19.7. The molecule has 1 aromatic carbocycles. The van der Waals surface area contributed by atoms with Crippen LogP contribution in [-0.2, 0) is 0 Å². The molecular weight excluding hydrogens is 258 g/mol. The van der Waals surface area contributed by atoms with Crippen LogP contribution >= 0.6 is 11.6 Å². The second kappa shape index (κ2) is 5.62. The van der Waals surface area contributed by atoms with Gasteiger partial charge in [0.25, 0.3) is 0 Å². The fourth-order valence-electron chi connectivity index (χ4n) is 2.38. The van der Waals surface area contributed by atoms with E-state index in [1.54, 1.807) is 0 Å². The molecule has 0 aliphatic heterocycles. The molecule has 0 heterocycles. The number of Topliss-reactive ketones (excluding diaryl/α,β-unsaturated/α-hetero) is 1. The predicted octanol–water partition coefficient (Wildman–Crippen LogP) is 3.50. The predicted molar refractivity (Wildman–Crippen MR) is 79.4 cm³/mol. The molecule has 1 aliphatic carbocycles. The summed E-state index contributed by atoms with van der Waals surface area (Å²) >= 11 is 6.32. The summed E-state index contributed by atoms with van der Waals surface area (Å²) in [5.74, 6) is -0.0957. The van der Waals surface area contributed by atoms with Gasteiger partial charge in [-0.25, -0.2) is 0 Å². The first kappa shape index (κ1) is 13.9. The van der Waals surface area contributed by atoms with E-state index < -0.39 is 0 Å². The maximum Gasteiger partial charge on any atom is 0.169 e. The van der Waals surface area contributed by atoms with E-state index >= 15 is 0 Å². The number of hydrogen-bond acceptors (Lipinski definition) is 2. The minimum atomic E-state index is -0.211. The van der Waals surface area contributed by atoms with E-state index in [0.717, 1.165) is 16.8 Å². The molecule has 3 heteroatoms.